The molecule has 1 aromatic heterocycles. The van der Waals surface area contributed by atoms with Gasteiger partial charge in [-0.1, -0.05) is 0 Å². The van der Waals surface area contributed by atoms with Gasteiger partial charge in [-0.15, -0.1) is 11.3 Å². The molecule has 2 N–H and O–H groups in total. The Balaban J connectivity index is 2.04. The SMILES string of the molecule is Cc1csc(NC(=O)N2CCOCC2C(=O)O)n1. The molecule has 2 heterocycles. The first-order valence-corrected chi connectivity index (χ1v) is 6.26. The van der Waals surface area contributed by atoms with Crippen LogP contribution in [0.3, 0.4) is 0 Å². The monoisotopic (exact) mass is 271 g/mol. The van der Waals surface area contributed by atoms with Crippen LogP contribution in [0.2, 0.25) is 0 Å². The number of nitrogens with zero attached hydrogens (tertiary/aromatic N) is 2. The highest BCUT2D eigenvalue weighted by Crippen LogP contribution is 2.16. The van der Waals surface area contributed by atoms with Crippen molar-refractivity contribution in [2.45, 2.75) is 13.0 Å². The van der Waals surface area contributed by atoms with Crippen molar-refractivity contribution in [1.82, 2.24) is 9.88 Å². The van der Waals surface area contributed by atoms with E-state index in [1.165, 1.54) is 16.2 Å². The number of hydrogen-bond donors (Lipinski definition) is 2. The Morgan fingerprint density at radius 3 is 3.06 bits per heavy atom. The molecular weight excluding hydrogens is 258 g/mol. The number of carboxylic acids is 1. The number of aliphatic carboxylic acids is 1. The second-order valence-corrected chi connectivity index (χ2v) is 4.70. The van der Waals surface area contributed by atoms with E-state index in [9.17, 15) is 9.59 Å². The highest BCUT2D eigenvalue weighted by molar-refractivity contribution is 7.13. The summed E-state index contributed by atoms with van der Waals surface area (Å²) in [6.45, 7) is 2.43. The molecule has 18 heavy (non-hydrogen) atoms. The van der Waals surface area contributed by atoms with Crippen LogP contribution in [-0.2, 0) is 9.53 Å². The molecule has 7 nitrogen and oxygen atoms in total. The molecule has 1 unspecified atom stereocenters. The van der Waals surface area contributed by atoms with Crippen LogP contribution in [0.15, 0.2) is 5.38 Å². The van der Waals surface area contributed by atoms with Crippen LogP contribution in [-0.4, -0.2) is 52.8 Å². The Morgan fingerprint density at radius 1 is 1.67 bits per heavy atom. The first-order valence-electron chi connectivity index (χ1n) is 5.38. The Hall–Kier alpha value is -1.67. The number of urea groups is 1. The van der Waals surface area contributed by atoms with Gasteiger partial charge in [-0.25, -0.2) is 14.6 Å². The van der Waals surface area contributed by atoms with Crippen LogP contribution in [0.25, 0.3) is 0 Å². The Bertz CT molecular complexity index is 462. The maximum Gasteiger partial charge on any atom is 0.328 e. The van der Waals surface area contributed by atoms with E-state index < -0.39 is 18.0 Å². The van der Waals surface area contributed by atoms with Crippen LogP contribution in [0.1, 0.15) is 5.69 Å². The van der Waals surface area contributed by atoms with Crippen molar-refractivity contribution in [2.75, 3.05) is 25.1 Å². The summed E-state index contributed by atoms with van der Waals surface area (Å²) >= 11 is 1.30. The summed E-state index contributed by atoms with van der Waals surface area (Å²) < 4.78 is 5.06. The van der Waals surface area contributed by atoms with Gasteiger partial charge in [0.2, 0.25) is 0 Å². The van der Waals surface area contributed by atoms with Crippen molar-refractivity contribution in [1.29, 1.82) is 0 Å². The summed E-state index contributed by atoms with van der Waals surface area (Å²) in [6.07, 6.45) is 0. The summed E-state index contributed by atoms with van der Waals surface area (Å²) in [4.78, 5) is 28.3. The van der Waals surface area contributed by atoms with Crippen molar-refractivity contribution in [3.05, 3.63) is 11.1 Å². The smallest absolute Gasteiger partial charge is 0.328 e. The zero-order valence-electron chi connectivity index (χ0n) is 9.75. The van der Waals surface area contributed by atoms with Gasteiger partial charge in [-0.3, -0.25) is 5.32 Å². The Morgan fingerprint density at radius 2 is 2.44 bits per heavy atom. The normalized spacial score (nSPS) is 19.6. The van der Waals surface area contributed by atoms with E-state index in [2.05, 4.69) is 10.3 Å². The van der Waals surface area contributed by atoms with E-state index in [4.69, 9.17) is 9.84 Å². The lowest BCUT2D eigenvalue weighted by molar-refractivity contribution is -0.147. The third-order valence-electron chi connectivity index (χ3n) is 2.51. The molecule has 0 spiro atoms. The van der Waals surface area contributed by atoms with Crippen molar-refractivity contribution in [2.24, 2.45) is 0 Å². The lowest BCUT2D eigenvalue weighted by atomic mass is 10.2. The van der Waals surface area contributed by atoms with Crippen LogP contribution >= 0.6 is 11.3 Å². The highest BCUT2D eigenvalue weighted by atomic mass is 32.1. The molecule has 0 bridgehead atoms. The molecule has 1 aliphatic rings. The third-order valence-corrected chi connectivity index (χ3v) is 3.38. The van der Waals surface area contributed by atoms with Crippen LogP contribution in [0.4, 0.5) is 9.93 Å². The molecule has 0 aliphatic carbocycles. The molecule has 0 aromatic carbocycles. The second kappa shape index (κ2) is 5.32. The number of carboxylic acid groups (broad SMARTS) is 1. The summed E-state index contributed by atoms with van der Waals surface area (Å²) in [6, 6.07) is -1.40. The predicted molar refractivity (Wildman–Crippen MR) is 64.8 cm³/mol. The van der Waals surface area contributed by atoms with E-state index in [1.54, 1.807) is 0 Å². The van der Waals surface area contributed by atoms with E-state index in [1.807, 2.05) is 12.3 Å². The van der Waals surface area contributed by atoms with Gasteiger partial charge >= 0.3 is 12.0 Å². The fraction of sp³-hybridized carbons (Fsp3) is 0.500. The fourth-order valence-corrected chi connectivity index (χ4v) is 2.30. The number of nitrogens with one attached hydrogen (secondary N) is 1. The number of hydrogen-bond acceptors (Lipinski definition) is 5. The molecule has 8 heteroatoms. The number of carbonyl (C=O) groups is 2. The van der Waals surface area contributed by atoms with Crippen molar-refractivity contribution >= 4 is 28.5 Å². The number of anilines is 1. The highest BCUT2D eigenvalue weighted by Gasteiger charge is 2.33. The predicted octanol–water partition coefficient (Wildman–Crippen LogP) is 0.769. The van der Waals surface area contributed by atoms with Crippen LogP contribution in [0, 0.1) is 6.92 Å². The maximum atomic E-state index is 12.0. The molecule has 0 saturated carbocycles. The molecule has 1 atom stereocenters. The summed E-state index contributed by atoms with van der Waals surface area (Å²) in [5.41, 5.74) is 0.812. The minimum atomic E-state index is -1.07. The summed E-state index contributed by atoms with van der Waals surface area (Å²) in [5, 5.41) is 13.9. The van der Waals surface area contributed by atoms with Crippen molar-refractivity contribution in [3.8, 4) is 0 Å². The van der Waals surface area contributed by atoms with E-state index in [0.717, 1.165) is 5.69 Å². The van der Waals surface area contributed by atoms with E-state index in [0.29, 0.717) is 11.7 Å². The zero-order valence-corrected chi connectivity index (χ0v) is 10.6. The lowest BCUT2D eigenvalue weighted by Crippen LogP contribution is -2.53. The van der Waals surface area contributed by atoms with Gasteiger partial charge in [0.1, 0.15) is 0 Å². The lowest BCUT2D eigenvalue weighted by Gasteiger charge is -2.32. The van der Waals surface area contributed by atoms with Crippen molar-refractivity contribution in [3.63, 3.8) is 0 Å². The number of aryl methyl sites for hydroxylation is 1. The Labute approximate surface area is 107 Å². The quantitative estimate of drug-likeness (QED) is 0.829. The topological polar surface area (TPSA) is 91.8 Å². The first kappa shape index (κ1) is 12.8. The van der Waals surface area contributed by atoms with Gasteiger partial charge in [0.25, 0.3) is 0 Å². The standard InChI is InChI=1S/C10H13N3O4S/c1-6-5-18-9(11-6)12-10(16)13-2-3-17-4-7(13)8(14)15/h5,7H,2-4H2,1H3,(H,14,15)(H,11,12,16). The van der Waals surface area contributed by atoms with Gasteiger partial charge in [-0.2, -0.15) is 0 Å². The minimum absolute atomic E-state index is 0.0135. The number of rotatable bonds is 2. The molecule has 2 amide bonds. The first-order chi connectivity index (χ1) is 8.58. The largest absolute Gasteiger partial charge is 0.480 e. The van der Waals surface area contributed by atoms with Gasteiger partial charge in [0, 0.05) is 11.9 Å². The second-order valence-electron chi connectivity index (χ2n) is 3.85. The average molecular weight is 271 g/mol. The maximum absolute atomic E-state index is 12.0. The number of amides is 2. The van der Waals surface area contributed by atoms with Crippen LogP contribution in [0.5, 0.6) is 0 Å². The van der Waals surface area contributed by atoms with Gasteiger partial charge < -0.3 is 14.7 Å². The molecule has 98 valence electrons. The summed E-state index contributed by atoms with van der Waals surface area (Å²) in [5.74, 6) is -1.07. The molecule has 0 radical (unpaired) electrons. The number of aromatic nitrogens is 1. The zero-order chi connectivity index (χ0) is 13.1. The number of thiazole rings is 1. The van der Waals surface area contributed by atoms with Gasteiger partial charge in [0.05, 0.1) is 18.9 Å². The summed E-state index contributed by atoms with van der Waals surface area (Å²) in [7, 11) is 0. The van der Waals surface area contributed by atoms with Gasteiger partial charge in [-0.05, 0) is 6.92 Å². The van der Waals surface area contributed by atoms with Crippen molar-refractivity contribution < 1.29 is 19.4 Å². The molecule has 1 aliphatic heterocycles. The number of morpholine rings is 1. The van der Waals surface area contributed by atoms with E-state index in [-0.39, 0.29) is 13.2 Å². The average Bonchev–Trinajstić information content (AvgIpc) is 2.74. The fourth-order valence-electron chi connectivity index (χ4n) is 1.63. The number of carbonyl (C=O) groups excluding carboxylic acids is 1. The van der Waals surface area contributed by atoms with Crippen LogP contribution < -0.4 is 5.32 Å². The molecule has 1 aromatic rings. The van der Waals surface area contributed by atoms with Gasteiger partial charge in [0.15, 0.2) is 11.2 Å². The molecular formula is C10H13N3O4S. The molecule has 1 saturated heterocycles. The number of ether oxygens (including phenoxy) is 1. The Kier molecular flexibility index (Phi) is 3.78. The third kappa shape index (κ3) is 2.77. The van der Waals surface area contributed by atoms with E-state index >= 15 is 0 Å². The molecule has 1 fully saturated rings. The minimum Gasteiger partial charge on any atom is -0.480 e. The molecule has 2 rings (SSSR count).